The highest BCUT2D eigenvalue weighted by Crippen LogP contribution is 2.30. The van der Waals surface area contributed by atoms with Gasteiger partial charge in [-0.1, -0.05) is 6.07 Å². The molecule has 1 rings (SSSR count). The molecule has 0 atom stereocenters. The standard InChI is InChI=1S/C10H13NO5/c1-16-10-4-7(8(5-12)6-13)2-3-9(10)11(14)15/h2-4,8,12-13H,5-6H2,1H3. The molecular weight excluding hydrogens is 214 g/mol. The van der Waals surface area contributed by atoms with Crippen molar-refractivity contribution in [3.63, 3.8) is 0 Å². The van der Waals surface area contributed by atoms with E-state index in [2.05, 4.69) is 0 Å². The first-order valence-corrected chi connectivity index (χ1v) is 4.68. The smallest absolute Gasteiger partial charge is 0.310 e. The summed E-state index contributed by atoms with van der Waals surface area (Å²) in [6.45, 7) is -0.449. The van der Waals surface area contributed by atoms with Crippen molar-refractivity contribution in [2.24, 2.45) is 0 Å². The highest BCUT2D eigenvalue weighted by Gasteiger charge is 2.17. The monoisotopic (exact) mass is 227 g/mol. The largest absolute Gasteiger partial charge is 0.490 e. The zero-order chi connectivity index (χ0) is 12.1. The molecule has 0 spiro atoms. The van der Waals surface area contributed by atoms with Gasteiger partial charge in [-0.15, -0.1) is 0 Å². The van der Waals surface area contributed by atoms with Crippen LogP contribution < -0.4 is 4.74 Å². The van der Waals surface area contributed by atoms with Gasteiger partial charge in [0.1, 0.15) is 0 Å². The summed E-state index contributed by atoms with van der Waals surface area (Å²) < 4.78 is 4.88. The van der Waals surface area contributed by atoms with Gasteiger partial charge >= 0.3 is 5.69 Å². The Morgan fingerprint density at radius 3 is 2.50 bits per heavy atom. The molecule has 16 heavy (non-hydrogen) atoms. The number of aliphatic hydroxyl groups is 2. The lowest BCUT2D eigenvalue weighted by atomic mass is 10.0. The van der Waals surface area contributed by atoms with Crippen LogP contribution in [0.3, 0.4) is 0 Å². The van der Waals surface area contributed by atoms with Gasteiger partial charge in [0.25, 0.3) is 0 Å². The maximum absolute atomic E-state index is 10.6. The van der Waals surface area contributed by atoms with Crippen LogP contribution in [-0.4, -0.2) is 35.5 Å². The van der Waals surface area contributed by atoms with Gasteiger partial charge in [0.15, 0.2) is 5.75 Å². The van der Waals surface area contributed by atoms with Gasteiger partial charge in [-0.2, -0.15) is 0 Å². The molecule has 6 nitrogen and oxygen atoms in total. The van der Waals surface area contributed by atoms with Crippen LogP contribution >= 0.6 is 0 Å². The van der Waals surface area contributed by atoms with E-state index in [9.17, 15) is 10.1 Å². The van der Waals surface area contributed by atoms with Crippen molar-refractivity contribution in [2.75, 3.05) is 20.3 Å². The first kappa shape index (κ1) is 12.4. The van der Waals surface area contributed by atoms with Crippen LogP contribution in [0.1, 0.15) is 11.5 Å². The summed E-state index contributed by atoms with van der Waals surface area (Å²) in [6, 6.07) is 4.25. The van der Waals surface area contributed by atoms with E-state index in [-0.39, 0.29) is 24.7 Å². The normalized spacial score (nSPS) is 10.5. The fourth-order valence-electron chi connectivity index (χ4n) is 1.37. The fourth-order valence-corrected chi connectivity index (χ4v) is 1.37. The van der Waals surface area contributed by atoms with E-state index in [0.29, 0.717) is 5.56 Å². The maximum atomic E-state index is 10.6. The minimum Gasteiger partial charge on any atom is -0.490 e. The number of rotatable bonds is 5. The van der Waals surface area contributed by atoms with Crippen LogP contribution in [0.15, 0.2) is 18.2 Å². The van der Waals surface area contributed by atoms with E-state index in [1.165, 1.54) is 25.3 Å². The van der Waals surface area contributed by atoms with Gasteiger partial charge in [0.05, 0.1) is 25.2 Å². The molecule has 0 radical (unpaired) electrons. The van der Waals surface area contributed by atoms with Crippen LogP contribution in [0.25, 0.3) is 0 Å². The number of nitro groups is 1. The van der Waals surface area contributed by atoms with E-state index in [1.807, 2.05) is 0 Å². The zero-order valence-electron chi connectivity index (χ0n) is 8.79. The van der Waals surface area contributed by atoms with Crippen molar-refractivity contribution in [2.45, 2.75) is 5.92 Å². The predicted octanol–water partition coefficient (Wildman–Crippen LogP) is 0.672. The van der Waals surface area contributed by atoms with Crippen molar-refractivity contribution in [1.82, 2.24) is 0 Å². The second-order valence-corrected chi connectivity index (χ2v) is 3.25. The predicted molar refractivity (Wildman–Crippen MR) is 56.6 cm³/mol. The Morgan fingerprint density at radius 2 is 2.06 bits per heavy atom. The summed E-state index contributed by atoms with van der Waals surface area (Å²) in [4.78, 5) is 10.1. The minimum absolute atomic E-state index is 0.120. The van der Waals surface area contributed by atoms with Crippen LogP contribution in [0.4, 0.5) is 5.69 Å². The van der Waals surface area contributed by atoms with Gasteiger partial charge in [-0.3, -0.25) is 10.1 Å². The zero-order valence-corrected chi connectivity index (χ0v) is 8.79. The van der Waals surface area contributed by atoms with Gasteiger partial charge in [-0.05, 0) is 11.6 Å². The Labute approximate surface area is 92.2 Å². The Morgan fingerprint density at radius 1 is 1.44 bits per heavy atom. The minimum atomic E-state index is -0.546. The molecule has 0 aromatic heterocycles. The lowest BCUT2D eigenvalue weighted by Gasteiger charge is -2.12. The summed E-state index contributed by atoms with van der Waals surface area (Å²) in [5.41, 5.74) is 0.466. The van der Waals surface area contributed by atoms with E-state index >= 15 is 0 Å². The molecule has 0 saturated carbocycles. The van der Waals surface area contributed by atoms with Crippen molar-refractivity contribution >= 4 is 5.69 Å². The molecule has 88 valence electrons. The van der Waals surface area contributed by atoms with Crippen molar-refractivity contribution in [1.29, 1.82) is 0 Å². The van der Waals surface area contributed by atoms with Gasteiger partial charge in [-0.25, -0.2) is 0 Å². The van der Waals surface area contributed by atoms with E-state index in [0.717, 1.165) is 0 Å². The number of nitrogens with zero attached hydrogens (tertiary/aromatic N) is 1. The first-order chi connectivity index (χ1) is 7.63. The van der Waals surface area contributed by atoms with Crippen LogP contribution in [-0.2, 0) is 0 Å². The summed E-state index contributed by atoms with van der Waals surface area (Å²) >= 11 is 0. The molecular formula is C10H13NO5. The Balaban J connectivity index is 3.12. The van der Waals surface area contributed by atoms with Gasteiger partial charge < -0.3 is 14.9 Å². The fraction of sp³-hybridized carbons (Fsp3) is 0.400. The molecule has 1 aromatic rings. The number of benzene rings is 1. The maximum Gasteiger partial charge on any atom is 0.310 e. The van der Waals surface area contributed by atoms with E-state index < -0.39 is 10.8 Å². The summed E-state index contributed by atoms with van der Waals surface area (Å²) in [5, 5.41) is 28.6. The quantitative estimate of drug-likeness (QED) is 0.569. The van der Waals surface area contributed by atoms with E-state index in [4.69, 9.17) is 14.9 Å². The van der Waals surface area contributed by atoms with Gasteiger partial charge in [0, 0.05) is 12.0 Å². The average molecular weight is 227 g/mol. The number of nitro benzene ring substituents is 1. The van der Waals surface area contributed by atoms with Crippen LogP contribution in [0.2, 0.25) is 0 Å². The van der Waals surface area contributed by atoms with Crippen molar-refractivity contribution in [3.05, 3.63) is 33.9 Å². The van der Waals surface area contributed by atoms with Crippen LogP contribution in [0.5, 0.6) is 5.75 Å². The molecule has 1 aromatic carbocycles. The number of ether oxygens (including phenoxy) is 1. The summed E-state index contributed by atoms with van der Waals surface area (Å²) in [6.07, 6.45) is 0. The second kappa shape index (κ2) is 5.43. The molecule has 0 amide bonds. The lowest BCUT2D eigenvalue weighted by Crippen LogP contribution is -2.09. The second-order valence-electron chi connectivity index (χ2n) is 3.25. The van der Waals surface area contributed by atoms with Gasteiger partial charge in [0.2, 0.25) is 0 Å². The Bertz CT molecular complexity index is 375. The number of methoxy groups -OCH3 is 1. The molecule has 0 bridgehead atoms. The highest BCUT2D eigenvalue weighted by molar-refractivity contribution is 5.49. The molecule has 0 aliphatic carbocycles. The third kappa shape index (κ3) is 2.47. The average Bonchev–Trinajstić information content (AvgIpc) is 2.30. The molecule has 2 N–H and O–H groups in total. The molecule has 0 aliphatic heterocycles. The Hall–Kier alpha value is -1.66. The molecule has 0 saturated heterocycles. The number of aliphatic hydroxyl groups excluding tert-OH is 2. The molecule has 0 fully saturated rings. The lowest BCUT2D eigenvalue weighted by molar-refractivity contribution is -0.385. The molecule has 6 heteroatoms. The summed E-state index contributed by atoms with van der Waals surface area (Å²) in [7, 11) is 1.33. The SMILES string of the molecule is COc1cc(C(CO)CO)ccc1[N+](=O)[O-]. The third-order valence-corrected chi connectivity index (χ3v) is 2.31. The highest BCUT2D eigenvalue weighted by atomic mass is 16.6. The summed E-state index contributed by atoms with van der Waals surface area (Å²) in [5.74, 6) is -0.330. The molecule has 0 heterocycles. The number of hydrogen-bond donors (Lipinski definition) is 2. The molecule has 0 aliphatic rings. The molecule has 0 unspecified atom stereocenters. The Kier molecular flexibility index (Phi) is 4.21. The van der Waals surface area contributed by atoms with Crippen LogP contribution in [0, 0.1) is 10.1 Å². The first-order valence-electron chi connectivity index (χ1n) is 4.68. The van der Waals surface area contributed by atoms with Crippen molar-refractivity contribution in [3.8, 4) is 5.75 Å². The topological polar surface area (TPSA) is 92.8 Å². The van der Waals surface area contributed by atoms with Crippen molar-refractivity contribution < 1.29 is 19.9 Å². The third-order valence-electron chi connectivity index (χ3n) is 2.31. The number of hydrogen-bond acceptors (Lipinski definition) is 5. The van der Waals surface area contributed by atoms with E-state index in [1.54, 1.807) is 0 Å².